The van der Waals surface area contributed by atoms with Crippen LogP contribution in [0.25, 0.3) is 0 Å². The highest BCUT2D eigenvalue weighted by molar-refractivity contribution is 9.10. The zero-order valence-corrected chi connectivity index (χ0v) is 11.8. The van der Waals surface area contributed by atoms with Crippen LogP contribution in [-0.4, -0.2) is 17.8 Å². The molecule has 0 saturated heterocycles. The minimum absolute atomic E-state index is 0.0989. The van der Waals surface area contributed by atoms with Crippen LogP contribution < -0.4 is 4.90 Å². The maximum atomic E-state index is 12.0. The van der Waals surface area contributed by atoms with Crippen molar-refractivity contribution in [2.75, 3.05) is 11.9 Å². The molecule has 16 heavy (non-hydrogen) atoms. The molecule has 1 atom stereocenters. The molecule has 1 aromatic rings. The van der Waals surface area contributed by atoms with Crippen molar-refractivity contribution in [3.05, 3.63) is 29.3 Å². The van der Waals surface area contributed by atoms with Crippen molar-refractivity contribution in [2.45, 2.75) is 32.0 Å². The largest absolute Gasteiger partial charge is 0.314 e. The van der Waals surface area contributed by atoms with E-state index in [-0.39, 0.29) is 10.7 Å². The van der Waals surface area contributed by atoms with Gasteiger partial charge < -0.3 is 4.90 Å². The second kappa shape index (κ2) is 5.48. The molecule has 0 N–H and O–H groups in total. The molecule has 3 heteroatoms. The Morgan fingerprint density at radius 2 is 2.06 bits per heavy atom. The fraction of sp³-hybridized carbons (Fsp3) is 0.462. The van der Waals surface area contributed by atoms with Crippen LogP contribution in [0.15, 0.2) is 18.2 Å². The third-order valence-corrected chi connectivity index (χ3v) is 3.71. The molecule has 1 rings (SSSR count). The van der Waals surface area contributed by atoms with Crippen molar-refractivity contribution in [3.63, 3.8) is 0 Å². The molecule has 1 unspecified atom stereocenters. The number of anilines is 1. The molecule has 0 aliphatic rings. The average molecular weight is 284 g/mol. The van der Waals surface area contributed by atoms with E-state index < -0.39 is 0 Å². The van der Waals surface area contributed by atoms with E-state index in [0.29, 0.717) is 0 Å². The van der Waals surface area contributed by atoms with E-state index in [2.05, 4.69) is 28.9 Å². The van der Waals surface area contributed by atoms with Crippen LogP contribution in [0.4, 0.5) is 5.69 Å². The molecule has 2 nitrogen and oxygen atoms in total. The van der Waals surface area contributed by atoms with E-state index in [1.807, 2.05) is 33.0 Å². The van der Waals surface area contributed by atoms with Crippen LogP contribution in [0.3, 0.4) is 0 Å². The molecule has 0 fully saturated rings. The summed E-state index contributed by atoms with van der Waals surface area (Å²) in [5, 5.41) is 0. The number of rotatable bonds is 3. The summed E-state index contributed by atoms with van der Waals surface area (Å²) in [4.78, 5) is 13.6. The summed E-state index contributed by atoms with van der Waals surface area (Å²) in [6.07, 6.45) is 0.800. The van der Waals surface area contributed by atoms with Gasteiger partial charge in [0, 0.05) is 12.7 Å². The van der Waals surface area contributed by atoms with Crippen molar-refractivity contribution in [1.82, 2.24) is 0 Å². The zero-order chi connectivity index (χ0) is 12.3. The van der Waals surface area contributed by atoms with Crippen LogP contribution in [-0.2, 0) is 4.79 Å². The summed E-state index contributed by atoms with van der Waals surface area (Å²) in [6.45, 7) is 6.08. The van der Waals surface area contributed by atoms with Crippen molar-refractivity contribution in [3.8, 4) is 0 Å². The minimum Gasteiger partial charge on any atom is -0.314 e. The molecular formula is C13H18BrNO. The van der Waals surface area contributed by atoms with E-state index in [0.717, 1.165) is 17.7 Å². The first kappa shape index (κ1) is 13.2. The van der Waals surface area contributed by atoms with Gasteiger partial charge in [-0.3, -0.25) is 4.79 Å². The molecule has 0 saturated carbocycles. The van der Waals surface area contributed by atoms with E-state index >= 15 is 0 Å². The van der Waals surface area contributed by atoms with Crippen LogP contribution in [0.5, 0.6) is 0 Å². The maximum absolute atomic E-state index is 12.0. The molecule has 0 aliphatic carbocycles. The lowest BCUT2D eigenvalue weighted by Crippen LogP contribution is -2.33. The van der Waals surface area contributed by atoms with Crippen LogP contribution in [0, 0.1) is 13.8 Å². The maximum Gasteiger partial charge on any atom is 0.240 e. The van der Waals surface area contributed by atoms with Gasteiger partial charge in [-0.25, -0.2) is 0 Å². The fourth-order valence-corrected chi connectivity index (χ4v) is 1.99. The predicted octanol–water partition coefficient (Wildman–Crippen LogP) is 3.44. The first-order chi connectivity index (χ1) is 7.47. The third-order valence-electron chi connectivity index (χ3n) is 2.67. The summed E-state index contributed by atoms with van der Waals surface area (Å²) in [7, 11) is 1.82. The van der Waals surface area contributed by atoms with Crippen molar-refractivity contribution in [2.24, 2.45) is 0 Å². The molecule has 0 heterocycles. The van der Waals surface area contributed by atoms with Gasteiger partial charge in [-0.15, -0.1) is 0 Å². The first-order valence-electron chi connectivity index (χ1n) is 5.46. The quantitative estimate of drug-likeness (QED) is 0.779. The molecule has 1 amide bonds. The number of benzene rings is 1. The predicted molar refractivity (Wildman–Crippen MR) is 72.3 cm³/mol. The zero-order valence-electron chi connectivity index (χ0n) is 10.2. The van der Waals surface area contributed by atoms with Crippen LogP contribution >= 0.6 is 15.9 Å². The Morgan fingerprint density at radius 3 is 2.56 bits per heavy atom. The third kappa shape index (κ3) is 2.85. The van der Waals surface area contributed by atoms with Gasteiger partial charge in [0.15, 0.2) is 0 Å². The minimum atomic E-state index is -0.0989. The fourth-order valence-electron chi connectivity index (χ4n) is 1.69. The molecule has 1 aromatic carbocycles. The van der Waals surface area contributed by atoms with Gasteiger partial charge in [0.25, 0.3) is 0 Å². The highest BCUT2D eigenvalue weighted by atomic mass is 79.9. The Bertz CT molecular complexity index is 390. The summed E-state index contributed by atoms with van der Waals surface area (Å²) < 4.78 is 0. The summed E-state index contributed by atoms with van der Waals surface area (Å²) in [5.74, 6) is 0.106. The van der Waals surface area contributed by atoms with Gasteiger partial charge in [0.2, 0.25) is 5.91 Å². The lowest BCUT2D eigenvalue weighted by atomic mass is 10.1. The second-order valence-electron chi connectivity index (χ2n) is 4.06. The lowest BCUT2D eigenvalue weighted by molar-refractivity contribution is -0.117. The second-order valence-corrected chi connectivity index (χ2v) is 5.17. The highest BCUT2D eigenvalue weighted by Gasteiger charge is 2.19. The molecule has 0 aliphatic heterocycles. The van der Waals surface area contributed by atoms with Crippen molar-refractivity contribution in [1.29, 1.82) is 0 Å². The monoisotopic (exact) mass is 283 g/mol. The standard InChI is InChI=1S/C13H18BrNO/c1-5-11(14)13(16)15(4)12-7-6-9(2)8-10(12)3/h6-8,11H,5H2,1-4H3. The number of carbonyl (C=O) groups excluding carboxylic acids is 1. The number of hydrogen-bond donors (Lipinski definition) is 0. The molecule has 0 spiro atoms. The van der Waals surface area contributed by atoms with E-state index in [9.17, 15) is 4.79 Å². The Labute approximate surface area is 106 Å². The van der Waals surface area contributed by atoms with Gasteiger partial charge in [-0.05, 0) is 31.9 Å². The van der Waals surface area contributed by atoms with Crippen LogP contribution in [0.2, 0.25) is 0 Å². The summed E-state index contributed by atoms with van der Waals surface area (Å²) >= 11 is 3.39. The molecule has 88 valence electrons. The number of alkyl halides is 1. The number of aryl methyl sites for hydroxylation is 2. The molecule has 0 radical (unpaired) electrons. The van der Waals surface area contributed by atoms with Crippen molar-refractivity contribution < 1.29 is 4.79 Å². The Balaban J connectivity index is 2.96. The van der Waals surface area contributed by atoms with Crippen LogP contribution in [0.1, 0.15) is 24.5 Å². The van der Waals surface area contributed by atoms with E-state index in [1.54, 1.807) is 4.90 Å². The average Bonchev–Trinajstić information content (AvgIpc) is 2.26. The van der Waals surface area contributed by atoms with Gasteiger partial charge in [-0.1, -0.05) is 40.5 Å². The summed E-state index contributed by atoms with van der Waals surface area (Å²) in [6, 6.07) is 6.12. The Morgan fingerprint density at radius 1 is 1.44 bits per heavy atom. The topological polar surface area (TPSA) is 20.3 Å². The lowest BCUT2D eigenvalue weighted by Gasteiger charge is -2.22. The summed E-state index contributed by atoms with van der Waals surface area (Å²) in [5.41, 5.74) is 3.33. The highest BCUT2D eigenvalue weighted by Crippen LogP contribution is 2.22. The van der Waals surface area contributed by atoms with Crippen molar-refractivity contribution >= 4 is 27.5 Å². The van der Waals surface area contributed by atoms with E-state index in [4.69, 9.17) is 0 Å². The number of nitrogens with zero attached hydrogens (tertiary/aromatic N) is 1. The SMILES string of the molecule is CCC(Br)C(=O)N(C)c1ccc(C)cc1C. The first-order valence-corrected chi connectivity index (χ1v) is 6.37. The van der Waals surface area contributed by atoms with E-state index in [1.165, 1.54) is 5.56 Å². The number of halogens is 1. The van der Waals surface area contributed by atoms with Gasteiger partial charge >= 0.3 is 0 Å². The molecule has 0 bridgehead atoms. The molecule has 0 aromatic heterocycles. The van der Waals surface area contributed by atoms with Gasteiger partial charge in [-0.2, -0.15) is 0 Å². The number of amides is 1. The number of hydrogen-bond acceptors (Lipinski definition) is 1. The Hall–Kier alpha value is -0.830. The Kier molecular flexibility index (Phi) is 4.54. The van der Waals surface area contributed by atoms with Gasteiger partial charge in [0.05, 0.1) is 4.83 Å². The van der Waals surface area contributed by atoms with Gasteiger partial charge in [0.1, 0.15) is 0 Å². The number of carbonyl (C=O) groups is 1. The smallest absolute Gasteiger partial charge is 0.240 e. The normalized spacial score (nSPS) is 12.3. The molecular weight excluding hydrogens is 266 g/mol.